The van der Waals surface area contributed by atoms with Gasteiger partial charge in [0, 0.05) is 12.1 Å². The first kappa shape index (κ1) is 12.9. The lowest BCUT2D eigenvalue weighted by Crippen LogP contribution is -2.12. The van der Waals surface area contributed by atoms with Crippen LogP contribution in [0.4, 0.5) is 0 Å². The van der Waals surface area contributed by atoms with Gasteiger partial charge in [0.1, 0.15) is 11.5 Å². The van der Waals surface area contributed by atoms with E-state index in [0.29, 0.717) is 21.5 Å². The van der Waals surface area contributed by atoms with E-state index in [-0.39, 0.29) is 6.61 Å². The van der Waals surface area contributed by atoms with E-state index in [9.17, 15) is 4.79 Å². The van der Waals surface area contributed by atoms with Crippen molar-refractivity contribution >= 4 is 29.2 Å². The third kappa shape index (κ3) is 3.18. The van der Waals surface area contributed by atoms with Crippen LogP contribution in [0, 0.1) is 0 Å². The molecule has 0 aliphatic heterocycles. The van der Waals surface area contributed by atoms with Crippen LogP contribution in [0.3, 0.4) is 0 Å². The summed E-state index contributed by atoms with van der Waals surface area (Å²) in [5, 5.41) is 0.664. The van der Waals surface area contributed by atoms with Crippen LogP contribution in [0.15, 0.2) is 12.1 Å². The molecule has 0 amide bonds. The molecular formula is C10H10Cl2O4. The van der Waals surface area contributed by atoms with Gasteiger partial charge in [-0.2, -0.15) is 0 Å². The highest BCUT2D eigenvalue weighted by molar-refractivity contribution is 6.35. The lowest BCUT2D eigenvalue weighted by molar-refractivity contribution is -0.142. The molecule has 16 heavy (non-hydrogen) atoms. The van der Waals surface area contributed by atoms with Crippen molar-refractivity contribution in [2.24, 2.45) is 0 Å². The SMILES string of the molecule is COC(=O)COc1cc(Cl)c(OC)cc1Cl. The van der Waals surface area contributed by atoms with E-state index in [0.717, 1.165) is 0 Å². The second-order valence-electron chi connectivity index (χ2n) is 2.78. The summed E-state index contributed by atoms with van der Waals surface area (Å²) in [6, 6.07) is 2.99. The Labute approximate surface area is 103 Å². The summed E-state index contributed by atoms with van der Waals surface area (Å²) in [4.78, 5) is 10.9. The molecular weight excluding hydrogens is 255 g/mol. The number of ether oxygens (including phenoxy) is 3. The maximum Gasteiger partial charge on any atom is 0.343 e. The molecule has 0 saturated heterocycles. The Balaban J connectivity index is 2.81. The summed E-state index contributed by atoms with van der Waals surface area (Å²) >= 11 is 11.8. The topological polar surface area (TPSA) is 44.8 Å². The molecule has 0 atom stereocenters. The molecule has 1 rings (SSSR count). The van der Waals surface area contributed by atoms with Gasteiger partial charge in [0.15, 0.2) is 6.61 Å². The summed E-state index contributed by atoms with van der Waals surface area (Å²) in [5.74, 6) is 0.248. The van der Waals surface area contributed by atoms with E-state index in [1.165, 1.54) is 26.4 Å². The van der Waals surface area contributed by atoms with Gasteiger partial charge in [0.2, 0.25) is 0 Å². The molecule has 4 nitrogen and oxygen atoms in total. The number of benzene rings is 1. The maximum absolute atomic E-state index is 10.9. The average Bonchev–Trinajstić information content (AvgIpc) is 2.29. The number of methoxy groups -OCH3 is 2. The van der Waals surface area contributed by atoms with Crippen molar-refractivity contribution in [1.82, 2.24) is 0 Å². The van der Waals surface area contributed by atoms with Gasteiger partial charge in [-0.15, -0.1) is 0 Å². The largest absolute Gasteiger partial charge is 0.495 e. The number of rotatable bonds is 4. The molecule has 1 aromatic carbocycles. The molecule has 0 bridgehead atoms. The molecule has 0 aliphatic carbocycles. The number of carbonyl (C=O) groups excluding carboxylic acids is 1. The highest BCUT2D eigenvalue weighted by Crippen LogP contribution is 2.35. The van der Waals surface area contributed by atoms with E-state index in [1.807, 2.05) is 0 Å². The zero-order chi connectivity index (χ0) is 12.1. The van der Waals surface area contributed by atoms with Gasteiger partial charge in [0.25, 0.3) is 0 Å². The fourth-order valence-corrected chi connectivity index (χ4v) is 1.41. The van der Waals surface area contributed by atoms with Gasteiger partial charge in [-0.25, -0.2) is 4.79 Å². The van der Waals surface area contributed by atoms with Gasteiger partial charge < -0.3 is 14.2 Å². The van der Waals surface area contributed by atoms with Crippen LogP contribution in [0.1, 0.15) is 0 Å². The average molecular weight is 265 g/mol. The summed E-state index contributed by atoms with van der Waals surface area (Å²) < 4.78 is 14.5. The predicted molar refractivity (Wildman–Crippen MR) is 60.5 cm³/mol. The van der Waals surface area contributed by atoms with Crippen molar-refractivity contribution < 1.29 is 19.0 Å². The Morgan fingerprint density at radius 3 is 2.31 bits per heavy atom. The van der Waals surface area contributed by atoms with Crippen LogP contribution < -0.4 is 9.47 Å². The molecule has 0 spiro atoms. The molecule has 0 saturated carbocycles. The number of hydrogen-bond donors (Lipinski definition) is 0. The third-order valence-electron chi connectivity index (χ3n) is 1.78. The fraction of sp³-hybridized carbons (Fsp3) is 0.300. The van der Waals surface area contributed by atoms with Crippen LogP contribution in [-0.2, 0) is 9.53 Å². The van der Waals surface area contributed by atoms with Crippen molar-refractivity contribution in [3.05, 3.63) is 22.2 Å². The highest BCUT2D eigenvalue weighted by atomic mass is 35.5. The molecule has 0 aliphatic rings. The molecule has 0 unspecified atom stereocenters. The van der Waals surface area contributed by atoms with E-state index in [2.05, 4.69) is 4.74 Å². The van der Waals surface area contributed by atoms with Gasteiger partial charge in [-0.05, 0) is 0 Å². The standard InChI is InChI=1S/C10H10Cl2O4/c1-14-8-3-7(12)9(4-6(8)11)16-5-10(13)15-2/h3-4H,5H2,1-2H3. The Morgan fingerprint density at radius 1 is 1.19 bits per heavy atom. The first-order valence-corrected chi connectivity index (χ1v) is 5.06. The quantitative estimate of drug-likeness (QED) is 0.785. The molecule has 1 aromatic rings. The molecule has 0 N–H and O–H groups in total. The molecule has 6 heteroatoms. The lowest BCUT2D eigenvalue weighted by Gasteiger charge is -2.09. The lowest BCUT2D eigenvalue weighted by atomic mass is 10.3. The molecule has 88 valence electrons. The Hall–Kier alpha value is -1.13. The van der Waals surface area contributed by atoms with Crippen LogP contribution in [0.2, 0.25) is 10.0 Å². The number of carbonyl (C=O) groups is 1. The summed E-state index contributed by atoms with van der Waals surface area (Å²) in [6.45, 7) is -0.223. The van der Waals surface area contributed by atoms with Gasteiger partial charge in [0.05, 0.1) is 24.3 Å². The zero-order valence-corrected chi connectivity index (χ0v) is 10.3. The van der Waals surface area contributed by atoms with Crippen LogP contribution in [-0.4, -0.2) is 26.8 Å². The van der Waals surface area contributed by atoms with E-state index < -0.39 is 5.97 Å². The van der Waals surface area contributed by atoms with Crippen molar-refractivity contribution in [2.45, 2.75) is 0 Å². The van der Waals surface area contributed by atoms with Crippen molar-refractivity contribution in [2.75, 3.05) is 20.8 Å². The fourth-order valence-electron chi connectivity index (χ4n) is 0.973. The van der Waals surface area contributed by atoms with Crippen LogP contribution in [0.5, 0.6) is 11.5 Å². The number of hydrogen-bond acceptors (Lipinski definition) is 4. The predicted octanol–water partition coefficient (Wildman–Crippen LogP) is 2.55. The monoisotopic (exact) mass is 264 g/mol. The first-order valence-electron chi connectivity index (χ1n) is 4.31. The summed E-state index contributed by atoms with van der Waals surface area (Å²) in [5.41, 5.74) is 0. The first-order chi connectivity index (χ1) is 7.58. The zero-order valence-electron chi connectivity index (χ0n) is 8.75. The molecule has 0 heterocycles. The van der Waals surface area contributed by atoms with Crippen molar-refractivity contribution in [3.63, 3.8) is 0 Å². The Bertz CT molecular complexity index is 393. The summed E-state index contributed by atoms with van der Waals surface area (Å²) in [6.07, 6.45) is 0. The van der Waals surface area contributed by atoms with Gasteiger partial charge in [-0.1, -0.05) is 23.2 Å². The number of halogens is 2. The van der Waals surface area contributed by atoms with Crippen LogP contribution in [0.25, 0.3) is 0 Å². The molecule has 0 fully saturated rings. The van der Waals surface area contributed by atoms with E-state index >= 15 is 0 Å². The van der Waals surface area contributed by atoms with Crippen molar-refractivity contribution in [3.8, 4) is 11.5 Å². The molecule has 0 radical (unpaired) electrons. The Morgan fingerprint density at radius 2 is 1.75 bits per heavy atom. The van der Waals surface area contributed by atoms with Gasteiger partial charge >= 0.3 is 5.97 Å². The summed E-state index contributed by atoms with van der Waals surface area (Å²) in [7, 11) is 2.75. The number of esters is 1. The smallest absolute Gasteiger partial charge is 0.343 e. The minimum atomic E-state index is -0.497. The van der Waals surface area contributed by atoms with E-state index in [4.69, 9.17) is 32.7 Å². The van der Waals surface area contributed by atoms with Gasteiger partial charge in [-0.3, -0.25) is 0 Å². The van der Waals surface area contributed by atoms with E-state index in [1.54, 1.807) is 0 Å². The highest BCUT2D eigenvalue weighted by Gasteiger charge is 2.10. The van der Waals surface area contributed by atoms with Crippen LogP contribution >= 0.6 is 23.2 Å². The minimum Gasteiger partial charge on any atom is -0.495 e. The third-order valence-corrected chi connectivity index (χ3v) is 2.37. The maximum atomic E-state index is 10.9. The Kier molecular flexibility index (Phi) is 4.71. The second-order valence-corrected chi connectivity index (χ2v) is 3.60. The molecule has 0 aromatic heterocycles. The minimum absolute atomic E-state index is 0.223. The second kappa shape index (κ2) is 5.82. The normalized spacial score (nSPS) is 9.75. The van der Waals surface area contributed by atoms with Crippen molar-refractivity contribution in [1.29, 1.82) is 0 Å².